The van der Waals surface area contributed by atoms with Gasteiger partial charge in [-0.3, -0.25) is 24.1 Å². The van der Waals surface area contributed by atoms with Crippen LogP contribution in [0.1, 0.15) is 38.7 Å². The van der Waals surface area contributed by atoms with Crippen LogP contribution in [0.3, 0.4) is 0 Å². The van der Waals surface area contributed by atoms with E-state index in [1.165, 1.54) is 9.80 Å². The summed E-state index contributed by atoms with van der Waals surface area (Å²) >= 11 is 3.43. The van der Waals surface area contributed by atoms with Gasteiger partial charge in [0.1, 0.15) is 6.04 Å². The Morgan fingerprint density at radius 1 is 1.19 bits per heavy atom. The summed E-state index contributed by atoms with van der Waals surface area (Å²) in [5.74, 6) is -1.51. The molecule has 0 saturated carbocycles. The number of fused-ring (bicyclic) bond motifs is 1. The van der Waals surface area contributed by atoms with Crippen molar-refractivity contribution in [3.8, 4) is 0 Å². The molecule has 2 aliphatic rings. The van der Waals surface area contributed by atoms with Gasteiger partial charge in [0.15, 0.2) is 0 Å². The van der Waals surface area contributed by atoms with E-state index >= 15 is 0 Å². The van der Waals surface area contributed by atoms with Gasteiger partial charge in [0.2, 0.25) is 23.6 Å². The van der Waals surface area contributed by atoms with Gasteiger partial charge in [-0.1, -0.05) is 40.2 Å². The molecule has 0 aromatic heterocycles. The lowest BCUT2D eigenvalue weighted by Crippen LogP contribution is -2.48. The van der Waals surface area contributed by atoms with Crippen LogP contribution in [0, 0.1) is 11.8 Å². The van der Waals surface area contributed by atoms with Gasteiger partial charge >= 0.3 is 0 Å². The van der Waals surface area contributed by atoms with E-state index in [0.717, 1.165) is 10.0 Å². The highest BCUT2D eigenvalue weighted by Crippen LogP contribution is 2.35. The molecule has 1 saturated heterocycles. The summed E-state index contributed by atoms with van der Waals surface area (Å²) in [6.07, 6.45) is 5.01. The molecule has 1 heterocycles. The third-order valence-electron chi connectivity index (χ3n) is 5.91. The van der Waals surface area contributed by atoms with E-state index in [1.54, 1.807) is 6.92 Å². The van der Waals surface area contributed by atoms with Crippen molar-refractivity contribution in [3.05, 3.63) is 46.5 Å². The fourth-order valence-electron chi connectivity index (χ4n) is 4.18. The summed E-state index contributed by atoms with van der Waals surface area (Å²) in [5.41, 5.74) is 0.879. The lowest BCUT2D eigenvalue weighted by atomic mass is 9.85. The zero-order valence-electron chi connectivity index (χ0n) is 17.8. The van der Waals surface area contributed by atoms with Crippen molar-refractivity contribution in [2.75, 3.05) is 13.1 Å². The number of rotatable bonds is 8. The summed E-state index contributed by atoms with van der Waals surface area (Å²) < 4.78 is 0.882. The minimum Gasteiger partial charge on any atom is -0.355 e. The number of hydrogen-bond donors (Lipinski definition) is 1. The number of halogens is 1. The Hall–Kier alpha value is -2.48. The maximum absolute atomic E-state index is 13.1. The number of hydrogen-bond acceptors (Lipinski definition) is 4. The van der Waals surface area contributed by atoms with Gasteiger partial charge < -0.3 is 10.2 Å². The van der Waals surface area contributed by atoms with Crippen LogP contribution in [0.15, 0.2) is 40.9 Å². The minimum absolute atomic E-state index is 0.0118. The average Bonchev–Trinajstić information content (AvgIpc) is 3.00. The summed E-state index contributed by atoms with van der Waals surface area (Å²) in [6, 6.07) is 6.87. The monoisotopic (exact) mass is 489 g/mol. The third kappa shape index (κ3) is 5.23. The zero-order chi connectivity index (χ0) is 22.5. The number of imide groups is 1. The Balaban J connectivity index is 1.71. The van der Waals surface area contributed by atoms with E-state index in [-0.39, 0.29) is 55.0 Å². The highest BCUT2D eigenvalue weighted by molar-refractivity contribution is 9.10. The van der Waals surface area contributed by atoms with Crippen LogP contribution in [-0.2, 0) is 25.7 Å². The maximum atomic E-state index is 13.1. The molecule has 3 rings (SSSR count). The highest BCUT2D eigenvalue weighted by Gasteiger charge is 2.47. The largest absolute Gasteiger partial charge is 0.355 e. The third-order valence-corrected chi connectivity index (χ3v) is 6.40. The van der Waals surface area contributed by atoms with E-state index in [4.69, 9.17) is 0 Å². The molecule has 1 aromatic carbocycles. The summed E-state index contributed by atoms with van der Waals surface area (Å²) in [4.78, 5) is 53.6. The van der Waals surface area contributed by atoms with Gasteiger partial charge in [-0.2, -0.15) is 0 Å². The summed E-state index contributed by atoms with van der Waals surface area (Å²) in [6.45, 7) is 4.28. The Kier molecular flexibility index (Phi) is 7.64. The van der Waals surface area contributed by atoms with Crippen molar-refractivity contribution in [1.82, 2.24) is 15.1 Å². The number of benzene rings is 1. The quantitative estimate of drug-likeness (QED) is 0.449. The first-order valence-electron chi connectivity index (χ1n) is 10.6. The van der Waals surface area contributed by atoms with Crippen LogP contribution in [0.4, 0.5) is 0 Å². The molecule has 4 amide bonds. The molecule has 1 aliphatic heterocycles. The SMILES string of the molecule is CCNC(=O)C(C)N(Cc1cccc(Br)c1)C(=O)CCN1C(=O)[C@H]2CC=CC[C@H]2C1=O. The van der Waals surface area contributed by atoms with Crippen molar-refractivity contribution in [3.63, 3.8) is 0 Å². The maximum Gasteiger partial charge on any atom is 0.242 e. The van der Waals surface area contributed by atoms with Crippen LogP contribution < -0.4 is 5.32 Å². The van der Waals surface area contributed by atoms with Gasteiger partial charge in [0.25, 0.3) is 0 Å². The fraction of sp³-hybridized carbons (Fsp3) is 0.478. The first kappa shape index (κ1) is 23.2. The molecule has 1 fully saturated rings. The van der Waals surface area contributed by atoms with E-state index < -0.39 is 6.04 Å². The summed E-state index contributed by atoms with van der Waals surface area (Å²) in [7, 11) is 0. The molecule has 1 N–H and O–H groups in total. The molecular formula is C23H28BrN3O4. The number of likely N-dealkylation sites (N-methyl/N-ethyl adjacent to an activating group) is 1. The summed E-state index contributed by atoms with van der Waals surface area (Å²) in [5, 5.41) is 2.76. The van der Waals surface area contributed by atoms with Gasteiger partial charge in [-0.15, -0.1) is 0 Å². The first-order valence-corrected chi connectivity index (χ1v) is 11.4. The molecule has 0 spiro atoms. The lowest BCUT2D eigenvalue weighted by molar-refractivity contribution is -0.143. The Bertz CT molecular complexity index is 875. The van der Waals surface area contributed by atoms with Gasteiger partial charge in [0, 0.05) is 30.5 Å². The highest BCUT2D eigenvalue weighted by atomic mass is 79.9. The molecule has 31 heavy (non-hydrogen) atoms. The Morgan fingerprint density at radius 2 is 1.84 bits per heavy atom. The van der Waals surface area contributed by atoms with Crippen molar-refractivity contribution >= 4 is 39.6 Å². The fourth-order valence-corrected chi connectivity index (χ4v) is 4.62. The van der Waals surface area contributed by atoms with E-state index in [1.807, 2.05) is 43.3 Å². The average molecular weight is 490 g/mol. The second-order valence-corrected chi connectivity index (χ2v) is 8.87. The smallest absolute Gasteiger partial charge is 0.242 e. The molecule has 1 unspecified atom stereocenters. The molecule has 166 valence electrons. The van der Waals surface area contributed by atoms with Crippen molar-refractivity contribution < 1.29 is 19.2 Å². The molecular weight excluding hydrogens is 462 g/mol. The lowest BCUT2D eigenvalue weighted by Gasteiger charge is -2.29. The van der Waals surface area contributed by atoms with E-state index in [9.17, 15) is 19.2 Å². The number of carbonyl (C=O) groups is 4. The van der Waals surface area contributed by atoms with Gasteiger partial charge in [0.05, 0.1) is 11.8 Å². The second kappa shape index (κ2) is 10.2. The number of nitrogens with one attached hydrogen (secondary N) is 1. The molecule has 0 radical (unpaired) electrons. The Labute approximate surface area is 191 Å². The topological polar surface area (TPSA) is 86.8 Å². The zero-order valence-corrected chi connectivity index (χ0v) is 19.4. The van der Waals surface area contributed by atoms with Crippen molar-refractivity contribution in [2.45, 2.75) is 45.7 Å². The number of carbonyl (C=O) groups excluding carboxylic acids is 4. The van der Waals surface area contributed by atoms with Crippen LogP contribution >= 0.6 is 15.9 Å². The van der Waals surface area contributed by atoms with Crippen LogP contribution in [-0.4, -0.2) is 52.6 Å². The molecule has 3 atom stereocenters. The van der Waals surface area contributed by atoms with Crippen molar-refractivity contribution in [2.24, 2.45) is 11.8 Å². The van der Waals surface area contributed by atoms with Crippen LogP contribution in [0.25, 0.3) is 0 Å². The Morgan fingerprint density at radius 3 is 2.42 bits per heavy atom. The number of amides is 4. The van der Waals surface area contributed by atoms with E-state index in [2.05, 4.69) is 21.2 Å². The number of allylic oxidation sites excluding steroid dienone is 2. The molecule has 8 heteroatoms. The van der Waals surface area contributed by atoms with Crippen molar-refractivity contribution in [1.29, 1.82) is 0 Å². The van der Waals surface area contributed by atoms with Crippen LogP contribution in [0.5, 0.6) is 0 Å². The van der Waals surface area contributed by atoms with Gasteiger partial charge in [-0.05, 0) is 44.4 Å². The van der Waals surface area contributed by atoms with E-state index in [0.29, 0.717) is 19.4 Å². The minimum atomic E-state index is -0.678. The second-order valence-electron chi connectivity index (χ2n) is 7.96. The molecule has 0 bridgehead atoms. The van der Waals surface area contributed by atoms with Gasteiger partial charge in [-0.25, -0.2) is 0 Å². The number of nitrogens with zero attached hydrogens (tertiary/aromatic N) is 2. The standard InChI is InChI=1S/C23H28BrN3O4/c1-3-25-21(29)15(2)27(14-16-7-6-8-17(24)13-16)20(28)11-12-26-22(30)18-9-4-5-10-19(18)23(26)31/h4-8,13,15,18-19H,3,9-12,14H2,1-2H3,(H,25,29)/t15?,18-,19+. The predicted octanol–water partition coefficient (Wildman–Crippen LogP) is 2.64. The first-order chi connectivity index (χ1) is 14.8. The number of likely N-dealkylation sites (tertiary alicyclic amines) is 1. The molecule has 7 nitrogen and oxygen atoms in total. The van der Waals surface area contributed by atoms with Crippen LogP contribution in [0.2, 0.25) is 0 Å². The molecule has 1 aliphatic carbocycles. The molecule has 1 aromatic rings. The normalized spacial score (nSPS) is 21.1. The predicted molar refractivity (Wildman–Crippen MR) is 120 cm³/mol.